The Balaban J connectivity index is 1.99. The van der Waals surface area contributed by atoms with Gasteiger partial charge < -0.3 is 15.1 Å². The van der Waals surface area contributed by atoms with Crippen LogP contribution in [0.25, 0.3) is 11.3 Å². The summed E-state index contributed by atoms with van der Waals surface area (Å²) in [4.78, 5) is 5.04. The topological polar surface area (TPSA) is 18.5 Å². The molecule has 0 fully saturated rings. The van der Waals surface area contributed by atoms with Crippen molar-refractivity contribution in [2.75, 3.05) is 36.5 Å². The van der Waals surface area contributed by atoms with E-state index in [1.165, 1.54) is 53.8 Å². The molecule has 1 aliphatic heterocycles. The van der Waals surface area contributed by atoms with E-state index in [2.05, 4.69) is 91.5 Å². The second-order valence-corrected chi connectivity index (χ2v) is 9.01. The van der Waals surface area contributed by atoms with Crippen LogP contribution in [0.5, 0.6) is 0 Å². The van der Waals surface area contributed by atoms with E-state index in [0.717, 1.165) is 37.4 Å². The van der Waals surface area contributed by atoms with Crippen LogP contribution in [-0.2, 0) is 6.54 Å². The van der Waals surface area contributed by atoms with E-state index in [4.69, 9.17) is 0 Å². The molecule has 2 aromatic carbocycles. The number of nitrogens with one attached hydrogen (secondary N) is 1. The van der Waals surface area contributed by atoms with Crippen LogP contribution in [0.4, 0.5) is 11.4 Å². The summed E-state index contributed by atoms with van der Waals surface area (Å²) in [7, 11) is 1.94. The van der Waals surface area contributed by atoms with Crippen LogP contribution in [0.1, 0.15) is 63.1 Å². The van der Waals surface area contributed by atoms with Gasteiger partial charge in [-0.3, -0.25) is 0 Å². The van der Waals surface area contributed by atoms with E-state index < -0.39 is 0 Å². The first-order valence-electron chi connectivity index (χ1n) is 12.3. The van der Waals surface area contributed by atoms with Gasteiger partial charge >= 0.3 is 0 Å². The Morgan fingerprint density at radius 1 is 1.03 bits per heavy atom. The van der Waals surface area contributed by atoms with Crippen molar-refractivity contribution < 1.29 is 0 Å². The Bertz CT molecular complexity index is 930. The monoisotopic (exact) mass is 431 g/mol. The van der Waals surface area contributed by atoms with Crippen LogP contribution in [0.2, 0.25) is 0 Å². The molecule has 0 spiro atoms. The zero-order valence-electron chi connectivity index (χ0n) is 20.6. The van der Waals surface area contributed by atoms with Crippen molar-refractivity contribution in [3.05, 3.63) is 72.3 Å². The molecule has 0 aromatic heterocycles. The van der Waals surface area contributed by atoms with E-state index in [9.17, 15) is 0 Å². The van der Waals surface area contributed by atoms with Crippen LogP contribution in [0, 0.1) is 5.92 Å². The molecule has 0 radical (unpaired) electrons. The number of nitrogens with zero attached hydrogens (tertiary/aromatic N) is 2. The maximum atomic E-state index is 4.58. The van der Waals surface area contributed by atoms with Crippen molar-refractivity contribution in [2.24, 2.45) is 5.92 Å². The summed E-state index contributed by atoms with van der Waals surface area (Å²) in [5.41, 5.74) is 8.65. The second kappa shape index (κ2) is 11.3. The lowest BCUT2D eigenvalue weighted by Crippen LogP contribution is -2.31. The molecule has 1 N–H and O–H groups in total. The highest BCUT2D eigenvalue weighted by Crippen LogP contribution is 2.37. The van der Waals surface area contributed by atoms with Gasteiger partial charge in [0.1, 0.15) is 0 Å². The molecule has 0 bridgehead atoms. The number of benzene rings is 2. The van der Waals surface area contributed by atoms with Crippen molar-refractivity contribution in [1.82, 2.24) is 5.32 Å². The molecular formula is C29H41N3. The van der Waals surface area contributed by atoms with Crippen molar-refractivity contribution in [3.8, 4) is 0 Å². The molecule has 3 nitrogen and oxygen atoms in total. The number of anilines is 2. The SMILES string of the molecule is C=C(NC)c1ccc(C(=C)C(C)CCCCC)c(N2CCN(CC)c3ccccc3C2)c1. The number of hydrogen-bond acceptors (Lipinski definition) is 3. The third kappa shape index (κ3) is 5.38. The zero-order chi connectivity index (χ0) is 23.1. The Morgan fingerprint density at radius 2 is 1.81 bits per heavy atom. The molecule has 32 heavy (non-hydrogen) atoms. The van der Waals surface area contributed by atoms with Crippen LogP contribution >= 0.6 is 0 Å². The van der Waals surface area contributed by atoms with E-state index >= 15 is 0 Å². The standard InChI is InChI=1S/C29H41N3/c1-7-9-10-13-22(3)23(4)27-17-16-25(24(5)30-6)20-29(27)32-19-18-31(8-2)28-15-12-11-14-26(28)21-32/h11-12,14-17,20,22,30H,4-5,7-10,13,18-19,21H2,1-3,6H3. The number of hydrogen-bond donors (Lipinski definition) is 1. The van der Waals surface area contributed by atoms with Gasteiger partial charge in [-0.05, 0) is 48.1 Å². The molecule has 0 saturated heterocycles. The minimum absolute atomic E-state index is 0.477. The molecular weight excluding hydrogens is 390 g/mol. The highest BCUT2D eigenvalue weighted by atomic mass is 15.2. The average Bonchev–Trinajstić information content (AvgIpc) is 3.02. The van der Waals surface area contributed by atoms with Gasteiger partial charge in [-0.15, -0.1) is 0 Å². The molecule has 1 aliphatic rings. The van der Waals surface area contributed by atoms with Crippen molar-refractivity contribution in [1.29, 1.82) is 0 Å². The highest BCUT2D eigenvalue weighted by molar-refractivity contribution is 5.80. The molecule has 1 unspecified atom stereocenters. The first-order chi connectivity index (χ1) is 15.5. The van der Waals surface area contributed by atoms with E-state index in [1.807, 2.05) is 7.05 Å². The molecule has 2 aromatic rings. The number of fused-ring (bicyclic) bond motifs is 1. The fraction of sp³-hybridized carbons (Fsp3) is 0.448. The fourth-order valence-electron chi connectivity index (χ4n) is 4.67. The highest BCUT2D eigenvalue weighted by Gasteiger charge is 2.23. The van der Waals surface area contributed by atoms with Gasteiger partial charge in [-0.2, -0.15) is 0 Å². The van der Waals surface area contributed by atoms with Crippen LogP contribution in [0.15, 0.2) is 55.6 Å². The van der Waals surface area contributed by atoms with Crippen molar-refractivity contribution in [3.63, 3.8) is 0 Å². The molecule has 0 saturated carbocycles. The predicted octanol–water partition coefficient (Wildman–Crippen LogP) is 6.95. The van der Waals surface area contributed by atoms with Crippen LogP contribution < -0.4 is 15.1 Å². The lowest BCUT2D eigenvalue weighted by atomic mass is 9.89. The molecule has 3 rings (SSSR count). The summed E-state index contributed by atoms with van der Waals surface area (Å²) in [6, 6.07) is 15.6. The maximum Gasteiger partial charge on any atom is 0.0452 e. The Labute approximate surface area is 195 Å². The number of rotatable bonds is 10. The third-order valence-electron chi connectivity index (χ3n) is 6.89. The minimum Gasteiger partial charge on any atom is -0.388 e. The maximum absolute atomic E-state index is 4.58. The molecule has 1 heterocycles. The number of likely N-dealkylation sites (N-methyl/N-ethyl adjacent to an activating group) is 1. The van der Waals surface area contributed by atoms with Crippen LogP contribution in [-0.4, -0.2) is 26.7 Å². The second-order valence-electron chi connectivity index (χ2n) is 9.01. The molecule has 0 aliphatic carbocycles. The Kier molecular flexibility index (Phi) is 8.44. The lowest BCUT2D eigenvalue weighted by molar-refractivity contribution is 0.587. The summed E-state index contributed by atoms with van der Waals surface area (Å²) < 4.78 is 0. The molecule has 0 amide bonds. The number of unbranched alkanes of at least 4 members (excludes halogenated alkanes) is 2. The van der Waals surface area contributed by atoms with E-state index in [0.29, 0.717) is 5.92 Å². The van der Waals surface area contributed by atoms with E-state index in [-0.39, 0.29) is 0 Å². The quantitative estimate of drug-likeness (QED) is 0.411. The average molecular weight is 432 g/mol. The Hall–Kier alpha value is -2.68. The third-order valence-corrected chi connectivity index (χ3v) is 6.89. The van der Waals surface area contributed by atoms with Gasteiger partial charge in [-0.1, -0.05) is 76.6 Å². The van der Waals surface area contributed by atoms with Gasteiger partial charge in [0, 0.05) is 55.9 Å². The number of para-hydroxylation sites is 1. The first-order valence-corrected chi connectivity index (χ1v) is 12.3. The van der Waals surface area contributed by atoms with Gasteiger partial charge in [0.2, 0.25) is 0 Å². The number of allylic oxidation sites excluding steroid dienone is 1. The summed E-state index contributed by atoms with van der Waals surface area (Å²) in [5.74, 6) is 0.477. The molecule has 3 heteroatoms. The Morgan fingerprint density at radius 3 is 2.53 bits per heavy atom. The zero-order valence-corrected chi connectivity index (χ0v) is 20.6. The van der Waals surface area contributed by atoms with Gasteiger partial charge in [0.25, 0.3) is 0 Å². The van der Waals surface area contributed by atoms with Crippen molar-refractivity contribution >= 4 is 22.6 Å². The smallest absolute Gasteiger partial charge is 0.0452 e. The summed E-state index contributed by atoms with van der Waals surface area (Å²) >= 11 is 0. The molecule has 1 atom stereocenters. The lowest BCUT2D eigenvalue weighted by Gasteiger charge is -2.29. The molecule has 172 valence electrons. The first kappa shape index (κ1) is 24.0. The normalized spacial score (nSPS) is 14.5. The van der Waals surface area contributed by atoms with Gasteiger partial charge in [-0.25, -0.2) is 0 Å². The van der Waals surface area contributed by atoms with Gasteiger partial charge in [0.05, 0.1) is 0 Å². The fourth-order valence-corrected chi connectivity index (χ4v) is 4.67. The predicted molar refractivity (Wildman–Crippen MR) is 142 cm³/mol. The van der Waals surface area contributed by atoms with E-state index in [1.54, 1.807) is 0 Å². The largest absolute Gasteiger partial charge is 0.388 e. The summed E-state index contributed by atoms with van der Waals surface area (Å²) in [6.07, 6.45) is 5.01. The summed E-state index contributed by atoms with van der Waals surface area (Å²) in [5, 5.41) is 3.22. The van der Waals surface area contributed by atoms with Crippen molar-refractivity contribution in [2.45, 2.75) is 53.0 Å². The minimum atomic E-state index is 0.477. The summed E-state index contributed by atoms with van der Waals surface area (Å²) in [6.45, 7) is 19.6. The van der Waals surface area contributed by atoms with Gasteiger partial charge in [0.15, 0.2) is 0 Å². The van der Waals surface area contributed by atoms with Crippen LogP contribution in [0.3, 0.4) is 0 Å².